The Hall–Kier alpha value is -3.26. The van der Waals surface area contributed by atoms with Gasteiger partial charge in [0.1, 0.15) is 11.4 Å². The molecule has 8 heteroatoms. The maximum absolute atomic E-state index is 14.1. The maximum Gasteiger partial charge on any atom is 0.382 e. The van der Waals surface area contributed by atoms with E-state index in [1.807, 2.05) is 0 Å². The van der Waals surface area contributed by atoms with E-state index >= 15 is 0 Å². The number of hydrogen-bond donors (Lipinski definition) is 0. The molecule has 27 heavy (non-hydrogen) atoms. The highest BCUT2D eigenvalue weighted by atomic mass is 19.3. The van der Waals surface area contributed by atoms with Crippen LogP contribution in [0.2, 0.25) is 0 Å². The van der Waals surface area contributed by atoms with Gasteiger partial charge in [0.15, 0.2) is 0 Å². The number of nitrogens with zero attached hydrogens (tertiary/aromatic N) is 2. The zero-order valence-electron chi connectivity index (χ0n) is 13.3. The van der Waals surface area contributed by atoms with Gasteiger partial charge >= 0.3 is 17.8 Å². The topological polar surface area (TPSA) is 25.8 Å². The smallest absolute Gasteiger partial charge is 0.248 e. The first-order valence-corrected chi connectivity index (χ1v) is 7.42. The predicted molar refractivity (Wildman–Crippen MR) is 84.1 cm³/mol. The molecular weight excluding hydrogens is 370 g/mol. The number of pyridine rings is 2. The second-order valence-electron chi connectivity index (χ2n) is 5.40. The minimum Gasteiger partial charge on any atom is -0.248 e. The summed E-state index contributed by atoms with van der Waals surface area (Å²) in [5.41, 5.74) is -3.55. The van der Waals surface area contributed by atoms with Crippen LogP contribution in [0.3, 0.4) is 0 Å². The summed E-state index contributed by atoms with van der Waals surface area (Å²) in [6.07, 6.45) is 2.58. The van der Waals surface area contributed by atoms with E-state index in [0.717, 1.165) is 0 Å². The molecule has 1 aliphatic rings. The summed E-state index contributed by atoms with van der Waals surface area (Å²) in [7, 11) is 0. The van der Waals surface area contributed by atoms with E-state index < -0.39 is 28.9 Å². The number of allylic oxidation sites excluding steroid dienone is 2. The third-order valence-electron chi connectivity index (χ3n) is 3.63. The second kappa shape index (κ2) is 6.48. The standard InChI is InChI=1S/C19H8F6N2/c20-17(21)15(9-7-13-5-1-3-11-26-13)16(18(22,23)19(17,24)25)10-8-14-6-2-4-12-27-14/h1-6,11-12H. The molecule has 3 rings (SSSR count). The third-order valence-corrected chi connectivity index (χ3v) is 3.63. The van der Waals surface area contributed by atoms with Crippen LogP contribution in [0.15, 0.2) is 59.9 Å². The van der Waals surface area contributed by atoms with E-state index in [0.29, 0.717) is 0 Å². The van der Waals surface area contributed by atoms with Crippen LogP contribution >= 0.6 is 0 Å². The molecular formula is C19H8F6N2. The van der Waals surface area contributed by atoms with Crippen molar-refractivity contribution in [3.05, 3.63) is 71.3 Å². The normalized spacial score (nSPS) is 18.9. The molecule has 0 radical (unpaired) electrons. The number of aromatic nitrogens is 2. The summed E-state index contributed by atoms with van der Waals surface area (Å²) in [6.45, 7) is 0. The Morgan fingerprint density at radius 2 is 1.00 bits per heavy atom. The lowest BCUT2D eigenvalue weighted by Gasteiger charge is -2.24. The molecule has 0 fully saturated rings. The lowest BCUT2D eigenvalue weighted by Crippen LogP contribution is -2.49. The molecule has 0 bridgehead atoms. The average Bonchev–Trinajstić information content (AvgIpc) is 2.74. The van der Waals surface area contributed by atoms with E-state index in [2.05, 4.69) is 21.8 Å². The maximum atomic E-state index is 14.1. The minimum atomic E-state index is -5.66. The van der Waals surface area contributed by atoms with E-state index in [4.69, 9.17) is 0 Å². The Morgan fingerprint density at radius 3 is 1.33 bits per heavy atom. The van der Waals surface area contributed by atoms with Crippen LogP contribution in [0.1, 0.15) is 11.4 Å². The van der Waals surface area contributed by atoms with Crippen molar-refractivity contribution in [2.45, 2.75) is 17.8 Å². The van der Waals surface area contributed by atoms with Gasteiger partial charge in [0.2, 0.25) is 0 Å². The van der Waals surface area contributed by atoms with E-state index in [9.17, 15) is 26.3 Å². The van der Waals surface area contributed by atoms with Crippen LogP contribution in [0, 0.1) is 23.7 Å². The minimum absolute atomic E-state index is 0.0450. The first-order chi connectivity index (χ1) is 12.7. The van der Waals surface area contributed by atoms with Crippen LogP contribution < -0.4 is 0 Å². The van der Waals surface area contributed by atoms with Crippen LogP contribution in [0.5, 0.6) is 0 Å². The summed E-state index contributed by atoms with van der Waals surface area (Å²) >= 11 is 0. The highest BCUT2D eigenvalue weighted by molar-refractivity contribution is 5.59. The molecule has 0 N–H and O–H groups in total. The van der Waals surface area contributed by atoms with Gasteiger partial charge < -0.3 is 0 Å². The molecule has 2 aromatic rings. The Morgan fingerprint density at radius 1 is 0.593 bits per heavy atom. The van der Waals surface area contributed by atoms with Crippen molar-refractivity contribution in [1.82, 2.24) is 9.97 Å². The van der Waals surface area contributed by atoms with Crippen molar-refractivity contribution in [3.63, 3.8) is 0 Å². The monoisotopic (exact) mass is 378 g/mol. The van der Waals surface area contributed by atoms with Crippen molar-refractivity contribution < 1.29 is 26.3 Å². The average molecular weight is 378 g/mol. The molecule has 2 heterocycles. The summed E-state index contributed by atoms with van der Waals surface area (Å²) in [6, 6.07) is 8.61. The summed E-state index contributed by atoms with van der Waals surface area (Å²) in [5, 5.41) is 0. The van der Waals surface area contributed by atoms with Crippen LogP contribution in [-0.4, -0.2) is 27.7 Å². The van der Waals surface area contributed by atoms with E-state index in [1.165, 1.54) is 48.8 Å². The molecule has 0 aromatic carbocycles. The summed E-state index contributed by atoms with van der Waals surface area (Å²) in [5.74, 6) is -8.41. The molecule has 2 nitrogen and oxygen atoms in total. The fraction of sp³-hybridized carbons (Fsp3) is 0.158. The highest BCUT2D eigenvalue weighted by Gasteiger charge is 2.80. The van der Waals surface area contributed by atoms with Crippen molar-refractivity contribution in [2.75, 3.05) is 0 Å². The molecule has 0 atom stereocenters. The Bertz CT molecular complexity index is 925. The molecule has 0 saturated carbocycles. The molecule has 2 aromatic heterocycles. The van der Waals surface area contributed by atoms with Gasteiger partial charge in [-0.3, -0.25) is 0 Å². The SMILES string of the molecule is FC1(F)C(C#Cc2ccccn2)=C(C#Cc2ccccn2)C(F)(F)C1(F)F. The second-order valence-corrected chi connectivity index (χ2v) is 5.40. The number of hydrogen-bond acceptors (Lipinski definition) is 2. The lowest BCUT2D eigenvalue weighted by atomic mass is 10.1. The van der Waals surface area contributed by atoms with Gasteiger partial charge in [0, 0.05) is 12.4 Å². The van der Waals surface area contributed by atoms with Crippen molar-refractivity contribution >= 4 is 0 Å². The van der Waals surface area contributed by atoms with Gasteiger partial charge in [0.05, 0.1) is 11.1 Å². The number of halogens is 6. The Labute approximate surface area is 150 Å². The van der Waals surface area contributed by atoms with Gasteiger partial charge in [-0.2, -0.15) is 26.3 Å². The molecule has 0 amide bonds. The largest absolute Gasteiger partial charge is 0.382 e. The van der Waals surface area contributed by atoms with Crippen molar-refractivity contribution in [2.24, 2.45) is 0 Å². The van der Waals surface area contributed by atoms with Crippen molar-refractivity contribution in [3.8, 4) is 23.7 Å². The van der Waals surface area contributed by atoms with Crippen LogP contribution in [0.25, 0.3) is 0 Å². The fourth-order valence-corrected chi connectivity index (χ4v) is 2.23. The Kier molecular flexibility index (Phi) is 4.44. The van der Waals surface area contributed by atoms with Crippen LogP contribution in [-0.2, 0) is 0 Å². The van der Waals surface area contributed by atoms with Gasteiger partial charge in [0.25, 0.3) is 0 Å². The summed E-state index contributed by atoms with van der Waals surface area (Å²) in [4.78, 5) is 7.43. The summed E-state index contributed by atoms with van der Waals surface area (Å²) < 4.78 is 83.8. The molecule has 0 aliphatic heterocycles. The molecule has 0 spiro atoms. The lowest BCUT2D eigenvalue weighted by molar-refractivity contribution is -0.263. The van der Waals surface area contributed by atoms with Gasteiger partial charge in [-0.15, -0.1) is 0 Å². The molecule has 0 unspecified atom stereocenters. The first kappa shape index (κ1) is 18.5. The van der Waals surface area contributed by atoms with Gasteiger partial charge in [-0.1, -0.05) is 24.0 Å². The van der Waals surface area contributed by atoms with Gasteiger partial charge in [-0.05, 0) is 36.1 Å². The quantitative estimate of drug-likeness (QED) is 0.510. The zero-order valence-corrected chi connectivity index (χ0v) is 13.3. The number of alkyl halides is 6. The molecule has 1 aliphatic carbocycles. The molecule has 0 saturated heterocycles. The van der Waals surface area contributed by atoms with Crippen molar-refractivity contribution in [1.29, 1.82) is 0 Å². The number of rotatable bonds is 0. The fourth-order valence-electron chi connectivity index (χ4n) is 2.23. The zero-order chi connectivity index (χ0) is 19.7. The van der Waals surface area contributed by atoms with Crippen LogP contribution in [0.4, 0.5) is 26.3 Å². The van der Waals surface area contributed by atoms with E-state index in [1.54, 1.807) is 11.8 Å². The molecule has 136 valence electrons. The van der Waals surface area contributed by atoms with E-state index in [-0.39, 0.29) is 11.4 Å². The highest BCUT2D eigenvalue weighted by Crippen LogP contribution is 2.58. The first-order valence-electron chi connectivity index (χ1n) is 7.42. The Balaban J connectivity index is 2.18. The van der Waals surface area contributed by atoms with Gasteiger partial charge in [-0.25, -0.2) is 9.97 Å². The third kappa shape index (κ3) is 3.04. The predicted octanol–water partition coefficient (Wildman–Crippen LogP) is 4.10.